The lowest BCUT2D eigenvalue weighted by atomic mass is 10.0. The van der Waals surface area contributed by atoms with Crippen LogP contribution in [-0.2, 0) is 4.74 Å². The van der Waals surface area contributed by atoms with Gasteiger partial charge in [-0.1, -0.05) is 26.0 Å². The van der Waals surface area contributed by atoms with Gasteiger partial charge in [0.05, 0.1) is 13.2 Å². The highest BCUT2D eigenvalue weighted by atomic mass is 127. The fraction of sp³-hybridized carbons (Fsp3) is 0.762. The third-order valence-corrected chi connectivity index (χ3v) is 5.67. The summed E-state index contributed by atoms with van der Waals surface area (Å²) in [6.45, 7) is 20.9. The number of rotatable bonds is 9. The van der Waals surface area contributed by atoms with E-state index in [4.69, 9.17) is 4.74 Å². The predicted octanol–water partition coefficient (Wildman–Crippen LogP) is 2.28. The Kier molecular flexibility index (Phi) is 12.3. The van der Waals surface area contributed by atoms with Gasteiger partial charge < -0.3 is 15.0 Å². The molecule has 2 aliphatic rings. The molecular formula is C21H40IN5O. The maximum Gasteiger partial charge on any atom is 0.193 e. The Hall–Kier alpha value is -0.640. The van der Waals surface area contributed by atoms with Crippen LogP contribution < -0.4 is 5.32 Å². The molecule has 2 saturated heterocycles. The van der Waals surface area contributed by atoms with Gasteiger partial charge in [-0.05, 0) is 12.3 Å². The van der Waals surface area contributed by atoms with E-state index in [9.17, 15) is 0 Å². The van der Waals surface area contributed by atoms with Crippen LogP contribution in [0.15, 0.2) is 30.3 Å². The molecule has 0 aliphatic carbocycles. The molecule has 0 aromatic heterocycles. The lowest BCUT2D eigenvalue weighted by Gasteiger charge is -2.35. The Labute approximate surface area is 189 Å². The molecule has 162 valence electrons. The second-order valence-corrected chi connectivity index (χ2v) is 7.81. The highest BCUT2D eigenvalue weighted by Crippen LogP contribution is 2.17. The number of morpholine rings is 1. The molecule has 0 radical (unpaired) electrons. The van der Waals surface area contributed by atoms with Crippen LogP contribution >= 0.6 is 24.0 Å². The number of hydrogen-bond acceptors (Lipinski definition) is 4. The van der Waals surface area contributed by atoms with E-state index < -0.39 is 0 Å². The van der Waals surface area contributed by atoms with Crippen LogP contribution in [0, 0.1) is 5.92 Å². The summed E-state index contributed by atoms with van der Waals surface area (Å²) in [6, 6.07) is 1.03. The van der Waals surface area contributed by atoms with Gasteiger partial charge in [0.25, 0.3) is 0 Å². The Morgan fingerprint density at radius 3 is 2.39 bits per heavy atom. The first-order chi connectivity index (χ1) is 13.1. The largest absolute Gasteiger partial charge is 0.379 e. The number of ether oxygens (including phenoxy) is 1. The summed E-state index contributed by atoms with van der Waals surface area (Å²) in [6.07, 6.45) is 5.15. The molecule has 0 aromatic carbocycles. The van der Waals surface area contributed by atoms with Crippen LogP contribution in [0.1, 0.15) is 20.3 Å². The van der Waals surface area contributed by atoms with E-state index in [1.54, 1.807) is 0 Å². The monoisotopic (exact) mass is 505 g/mol. The first-order valence-electron chi connectivity index (χ1n) is 10.3. The number of halogens is 1. The molecule has 1 N–H and O–H groups in total. The van der Waals surface area contributed by atoms with Crippen LogP contribution in [0.4, 0.5) is 0 Å². The van der Waals surface area contributed by atoms with Gasteiger partial charge in [0.15, 0.2) is 5.96 Å². The van der Waals surface area contributed by atoms with Gasteiger partial charge in [-0.2, -0.15) is 0 Å². The molecule has 0 saturated carbocycles. The first-order valence-corrected chi connectivity index (χ1v) is 10.3. The average molecular weight is 505 g/mol. The van der Waals surface area contributed by atoms with Crippen molar-refractivity contribution in [2.75, 3.05) is 66.1 Å². The number of nitrogens with one attached hydrogen (secondary N) is 1. The van der Waals surface area contributed by atoms with E-state index in [2.05, 4.69) is 52.0 Å². The van der Waals surface area contributed by atoms with Crippen molar-refractivity contribution < 1.29 is 4.74 Å². The molecule has 6 nitrogen and oxygen atoms in total. The van der Waals surface area contributed by atoms with Crippen molar-refractivity contribution in [3.05, 3.63) is 25.3 Å². The van der Waals surface area contributed by atoms with Gasteiger partial charge in [0.2, 0.25) is 0 Å². The normalized spacial score (nSPS) is 22.2. The van der Waals surface area contributed by atoms with Gasteiger partial charge in [-0.15, -0.1) is 37.1 Å². The molecule has 2 rings (SSSR count). The van der Waals surface area contributed by atoms with E-state index in [-0.39, 0.29) is 24.0 Å². The molecule has 2 unspecified atom stereocenters. The number of aliphatic imine (C=N–C) groups is 1. The summed E-state index contributed by atoms with van der Waals surface area (Å²) < 4.78 is 5.49. The molecule has 0 bridgehead atoms. The second kappa shape index (κ2) is 13.6. The van der Waals surface area contributed by atoms with E-state index in [0.717, 1.165) is 65.0 Å². The average Bonchev–Trinajstić information content (AvgIpc) is 3.16. The number of guanidine groups is 1. The lowest BCUT2D eigenvalue weighted by Crippen LogP contribution is -2.51. The van der Waals surface area contributed by atoms with Crippen molar-refractivity contribution in [3.63, 3.8) is 0 Å². The Morgan fingerprint density at radius 1 is 1.21 bits per heavy atom. The summed E-state index contributed by atoms with van der Waals surface area (Å²) in [4.78, 5) is 12.0. The van der Waals surface area contributed by atoms with E-state index in [0.29, 0.717) is 18.0 Å². The molecule has 0 spiro atoms. The van der Waals surface area contributed by atoms with Gasteiger partial charge in [-0.25, -0.2) is 0 Å². The lowest BCUT2D eigenvalue weighted by molar-refractivity contribution is 0.0194. The quantitative estimate of drug-likeness (QED) is 0.226. The molecule has 0 amide bonds. The molecule has 2 heterocycles. The highest BCUT2D eigenvalue weighted by molar-refractivity contribution is 14.0. The summed E-state index contributed by atoms with van der Waals surface area (Å²) >= 11 is 0. The van der Waals surface area contributed by atoms with Gasteiger partial charge in [0, 0.05) is 64.9 Å². The topological polar surface area (TPSA) is 43.3 Å². The summed E-state index contributed by atoms with van der Waals surface area (Å²) in [7, 11) is 1.89. The van der Waals surface area contributed by atoms with Crippen molar-refractivity contribution in [1.29, 1.82) is 0 Å². The molecular weight excluding hydrogens is 465 g/mol. The molecule has 28 heavy (non-hydrogen) atoms. The first kappa shape index (κ1) is 25.4. The summed E-state index contributed by atoms with van der Waals surface area (Å²) in [5.74, 6) is 1.56. The predicted molar refractivity (Wildman–Crippen MR) is 130 cm³/mol. The van der Waals surface area contributed by atoms with Crippen LogP contribution in [0.5, 0.6) is 0 Å². The van der Waals surface area contributed by atoms with Crippen LogP contribution in [0.3, 0.4) is 0 Å². The van der Waals surface area contributed by atoms with Crippen molar-refractivity contribution >= 4 is 29.9 Å². The van der Waals surface area contributed by atoms with Crippen molar-refractivity contribution in [3.8, 4) is 0 Å². The van der Waals surface area contributed by atoms with E-state index in [1.807, 2.05) is 19.2 Å². The zero-order valence-electron chi connectivity index (χ0n) is 18.0. The third kappa shape index (κ3) is 7.31. The fourth-order valence-electron chi connectivity index (χ4n) is 4.17. The van der Waals surface area contributed by atoms with Crippen LogP contribution in [0.25, 0.3) is 0 Å². The summed E-state index contributed by atoms with van der Waals surface area (Å²) in [5, 5.41) is 3.64. The molecule has 7 heteroatoms. The zero-order chi connectivity index (χ0) is 19.6. The van der Waals surface area contributed by atoms with Crippen LogP contribution in [0.2, 0.25) is 0 Å². The minimum Gasteiger partial charge on any atom is -0.379 e. The van der Waals surface area contributed by atoms with Crippen LogP contribution in [-0.4, -0.2) is 98.8 Å². The third-order valence-electron chi connectivity index (χ3n) is 5.67. The Morgan fingerprint density at radius 2 is 1.86 bits per heavy atom. The standard InChI is InChI=1S/C21H39N5O.HI/c1-6-9-25(10-7-2)20(18(3)4)16-23-21(22-5)26-11-8-19(17-26)24-12-14-27-15-13-24;/h6-7,18-20H,1-2,8-17H2,3-5H3,(H,22,23);1H. The smallest absolute Gasteiger partial charge is 0.193 e. The molecule has 2 fully saturated rings. The number of hydrogen-bond donors (Lipinski definition) is 1. The van der Waals surface area contributed by atoms with Crippen molar-refractivity contribution in [2.24, 2.45) is 10.9 Å². The number of nitrogens with zero attached hydrogens (tertiary/aromatic N) is 4. The van der Waals surface area contributed by atoms with E-state index in [1.165, 1.54) is 6.42 Å². The van der Waals surface area contributed by atoms with Gasteiger partial charge >= 0.3 is 0 Å². The van der Waals surface area contributed by atoms with Crippen molar-refractivity contribution in [2.45, 2.75) is 32.4 Å². The summed E-state index contributed by atoms with van der Waals surface area (Å²) in [5.41, 5.74) is 0. The van der Waals surface area contributed by atoms with Gasteiger partial charge in [-0.3, -0.25) is 14.8 Å². The zero-order valence-corrected chi connectivity index (χ0v) is 20.3. The fourth-order valence-corrected chi connectivity index (χ4v) is 4.17. The second-order valence-electron chi connectivity index (χ2n) is 7.81. The van der Waals surface area contributed by atoms with Crippen molar-refractivity contribution in [1.82, 2.24) is 20.0 Å². The SMILES string of the molecule is C=CCN(CC=C)C(CNC(=NC)N1CCC(N2CCOCC2)C1)C(C)C.I. The maximum absolute atomic E-state index is 5.49. The minimum absolute atomic E-state index is 0. The van der Waals surface area contributed by atoms with E-state index >= 15 is 0 Å². The Bertz CT molecular complexity index is 483. The number of likely N-dealkylation sites (tertiary alicyclic amines) is 1. The maximum atomic E-state index is 5.49. The highest BCUT2D eigenvalue weighted by Gasteiger charge is 2.30. The Balaban J connectivity index is 0.00000392. The molecule has 2 aliphatic heterocycles. The minimum atomic E-state index is 0. The molecule has 2 atom stereocenters. The molecule has 0 aromatic rings. The van der Waals surface area contributed by atoms with Gasteiger partial charge in [0.1, 0.15) is 0 Å².